The van der Waals surface area contributed by atoms with Crippen molar-refractivity contribution in [2.45, 2.75) is 166 Å². The van der Waals surface area contributed by atoms with Crippen LogP contribution >= 0.6 is 0 Å². The van der Waals surface area contributed by atoms with Crippen molar-refractivity contribution in [2.75, 3.05) is 27.9 Å². The van der Waals surface area contributed by atoms with Gasteiger partial charge in [-0.15, -0.1) is 0 Å². The number of cyclic esters (lactones) is 1. The van der Waals surface area contributed by atoms with Gasteiger partial charge < -0.3 is 65.9 Å². The molecule has 2 fully saturated rings. The Balaban J connectivity index is 1.64. The highest BCUT2D eigenvalue weighted by atomic mass is 16.5. The van der Waals surface area contributed by atoms with Gasteiger partial charge in [0.15, 0.2) is 6.10 Å². The third-order valence-corrected chi connectivity index (χ3v) is 15.0. The molecule has 7 amide bonds. The minimum Gasteiger partial charge on any atom is -0.508 e. The predicted octanol–water partition coefficient (Wildman–Crippen LogP) is 1.54. The number of ether oxygens (including phenoxy) is 3. The number of hydrogen-bond donors (Lipinski definition) is 8. The van der Waals surface area contributed by atoms with Crippen LogP contribution in [0.15, 0.2) is 66.7 Å². The molecule has 0 spiro atoms. The second-order valence-corrected chi connectivity index (χ2v) is 20.3. The Bertz CT molecular complexity index is 2330. The molecule has 8 N–H and O–H groups in total. The Morgan fingerprint density at radius 3 is 2.11 bits per heavy atom. The molecule has 2 bridgehead atoms. The van der Waals surface area contributed by atoms with Gasteiger partial charge in [0.25, 0.3) is 5.91 Å². The molecule has 2 heterocycles. The summed E-state index contributed by atoms with van der Waals surface area (Å²) in [6.45, 7) is 7.80. The number of likely N-dealkylation sites (N-methyl/N-ethyl adjacent to an activating group) is 1. The molecular weight excluding hydrogens is 983 g/mol. The first-order valence-electron chi connectivity index (χ1n) is 26.4. The molecule has 0 radical (unpaired) electrons. The van der Waals surface area contributed by atoms with E-state index in [-0.39, 0.29) is 50.2 Å². The largest absolute Gasteiger partial charge is 0.508 e. The Kier molecular flexibility index (Phi) is 22.8. The molecule has 14 atom stereocenters. The van der Waals surface area contributed by atoms with E-state index < -0.39 is 133 Å². The van der Waals surface area contributed by atoms with Gasteiger partial charge in [-0.05, 0) is 92.9 Å². The molecule has 21 nitrogen and oxygen atoms in total. The summed E-state index contributed by atoms with van der Waals surface area (Å²) in [5.74, 6) is -7.88. The summed E-state index contributed by atoms with van der Waals surface area (Å²) >= 11 is 0. The summed E-state index contributed by atoms with van der Waals surface area (Å²) in [5.41, 5.74) is 1.36. The van der Waals surface area contributed by atoms with E-state index in [2.05, 4.69) is 26.6 Å². The number of aryl methyl sites for hydroxylation is 1. The second kappa shape index (κ2) is 28.6. The van der Waals surface area contributed by atoms with Crippen LogP contribution in [-0.2, 0) is 65.4 Å². The third kappa shape index (κ3) is 15.8. The van der Waals surface area contributed by atoms with Crippen molar-refractivity contribution in [3.8, 4) is 5.75 Å². The van der Waals surface area contributed by atoms with Crippen molar-refractivity contribution in [1.29, 1.82) is 0 Å². The Hall–Kier alpha value is -6.42. The summed E-state index contributed by atoms with van der Waals surface area (Å²) in [6.07, 6.45) is 0.703. The van der Waals surface area contributed by atoms with Crippen LogP contribution in [0.1, 0.15) is 97.1 Å². The fourth-order valence-corrected chi connectivity index (χ4v) is 9.83. The maximum atomic E-state index is 15.2. The summed E-state index contributed by atoms with van der Waals surface area (Å²) in [4.78, 5) is 120. The zero-order valence-corrected chi connectivity index (χ0v) is 44.9. The number of phenols is 1. The number of carbonyl (C=O) groups excluding carboxylic acids is 8. The monoisotopic (exact) mass is 1060 g/mol. The first kappa shape index (κ1) is 60.4. The molecular formula is C55H79N7O14. The molecule has 21 heteroatoms. The summed E-state index contributed by atoms with van der Waals surface area (Å²) in [5, 5.41) is 43.8. The van der Waals surface area contributed by atoms with Crippen LogP contribution in [0.25, 0.3) is 0 Å². The van der Waals surface area contributed by atoms with E-state index in [9.17, 15) is 44.1 Å². The Morgan fingerprint density at radius 2 is 1.50 bits per heavy atom. The van der Waals surface area contributed by atoms with Crippen LogP contribution in [0.3, 0.4) is 0 Å². The number of aliphatic hydroxyl groups is 2. The number of fused-ring (bicyclic) bond motifs is 2. The number of nitrogens with zero attached hydrogens (tertiary/aromatic N) is 2. The zero-order valence-electron chi connectivity index (χ0n) is 44.9. The number of amides is 7. The van der Waals surface area contributed by atoms with Crippen LogP contribution in [-0.4, -0.2) is 167 Å². The quantitative estimate of drug-likeness (QED) is 0.0777. The number of aromatic hydroxyl groups is 1. The lowest BCUT2D eigenvalue weighted by atomic mass is 9.88. The van der Waals surface area contributed by atoms with E-state index in [4.69, 9.17) is 14.2 Å². The number of phenolic OH excluding ortho intramolecular Hbond substituents is 1. The Morgan fingerprint density at radius 1 is 0.816 bits per heavy atom. The molecule has 418 valence electrons. The molecule has 0 unspecified atom stereocenters. The van der Waals surface area contributed by atoms with Crippen molar-refractivity contribution >= 4 is 47.3 Å². The number of allylic oxidation sites excluding steroid dienone is 1. The highest BCUT2D eigenvalue weighted by Gasteiger charge is 2.48. The second-order valence-electron chi connectivity index (χ2n) is 20.3. The van der Waals surface area contributed by atoms with Crippen LogP contribution in [0.2, 0.25) is 0 Å². The van der Waals surface area contributed by atoms with Gasteiger partial charge in [-0.25, -0.2) is 4.79 Å². The van der Waals surface area contributed by atoms with Crippen LogP contribution in [0, 0.1) is 17.8 Å². The molecule has 76 heavy (non-hydrogen) atoms. The number of aliphatic hydroxyl groups excluding tert-OH is 2. The molecule has 0 saturated carbocycles. The van der Waals surface area contributed by atoms with E-state index in [0.29, 0.717) is 36.8 Å². The normalized spacial score (nSPS) is 27.8. The lowest BCUT2D eigenvalue weighted by Gasteiger charge is -2.46. The fraction of sp³-hybridized carbons (Fsp3) is 0.600. The standard InChI is InChI=1S/C55H79N7O14/c1-9-31(3)45-55(73)76-33(5)46(60-48(66)39(56-51(69)43(30-63)74-7)25-20-34-16-21-37(64)22-17-34)52(70)58-41(28-36-18-23-38(65)24-19-36)49(67)57-40-26-27-44(75-8)62(53(40)71)47(32(4)10-2)54(72)61(6)42(50(68)59-45)29-35-14-12-11-13-15-35/h11-18,21-23,31-33,36,38-47,63-65H,9-10,19-20,24-30H2,1-8H3,(H,56,69)(H,57,67)(H,58,70)(H,59,68)(H,60,66)/t31-,32-,33+,36-,38-,39+,40-,41-,42-,43+,44+,45-,46-,47-/m0/s1. The van der Waals surface area contributed by atoms with Crippen molar-refractivity contribution in [3.63, 3.8) is 0 Å². The number of methoxy groups -OCH3 is 2. The van der Waals surface area contributed by atoms with Gasteiger partial charge in [-0.3, -0.25) is 33.6 Å². The predicted molar refractivity (Wildman–Crippen MR) is 278 cm³/mol. The number of hydrogen-bond acceptors (Lipinski definition) is 14. The molecule has 2 aromatic rings. The highest BCUT2D eigenvalue weighted by molar-refractivity contribution is 5.98. The molecule has 3 aliphatic rings. The molecule has 1 aliphatic carbocycles. The number of carbonyl (C=O) groups is 8. The summed E-state index contributed by atoms with van der Waals surface area (Å²) < 4.78 is 17.0. The molecule has 2 aromatic carbocycles. The van der Waals surface area contributed by atoms with Gasteiger partial charge in [0.1, 0.15) is 60.4 Å². The van der Waals surface area contributed by atoms with Crippen molar-refractivity contribution in [2.24, 2.45) is 17.8 Å². The smallest absolute Gasteiger partial charge is 0.329 e. The summed E-state index contributed by atoms with van der Waals surface area (Å²) in [7, 11) is 4.08. The van der Waals surface area contributed by atoms with Gasteiger partial charge in [0.05, 0.1) is 12.7 Å². The summed E-state index contributed by atoms with van der Waals surface area (Å²) in [6, 6.07) is 5.52. The van der Waals surface area contributed by atoms with Gasteiger partial charge in [0, 0.05) is 27.7 Å². The maximum absolute atomic E-state index is 15.2. The van der Waals surface area contributed by atoms with Gasteiger partial charge in [-0.1, -0.05) is 95.2 Å². The van der Waals surface area contributed by atoms with Gasteiger partial charge in [0.2, 0.25) is 35.4 Å². The number of esters is 1. The van der Waals surface area contributed by atoms with Crippen molar-refractivity contribution < 1.29 is 67.9 Å². The maximum Gasteiger partial charge on any atom is 0.329 e. The van der Waals surface area contributed by atoms with E-state index in [1.807, 2.05) is 13.8 Å². The van der Waals surface area contributed by atoms with E-state index in [1.54, 1.807) is 68.5 Å². The van der Waals surface area contributed by atoms with E-state index in [1.165, 1.54) is 50.1 Å². The van der Waals surface area contributed by atoms with Crippen LogP contribution in [0.5, 0.6) is 5.75 Å². The lowest BCUT2D eigenvalue weighted by molar-refractivity contribution is -0.171. The van der Waals surface area contributed by atoms with Crippen LogP contribution in [0.4, 0.5) is 0 Å². The zero-order chi connectivity index (χ0) is 55.8. The number of nitrogens with one attached hydrogen (secondary N) is 5. The molecule has 2 aliphatic heterocycles. The number of piperidine rings is 1. The molecule has 2 saturated heterocycles. The number of benzene rings is 2. The molecule has 5 rings (SSSR count). The van der Waals surface area contributed by atoms with Gasteiger partial charge in [-0.2, -0.15) is 0 Å². The molecule has 0 aromatic heterocycles. The first-order valence-corrected chi connectivity index (χ1v) is 26.4. The van der Waals surface area contributed by atoms with Gasteiger partial charge >= 0.3 is 5.97 Å². The topological polar surface area (TPSA) is 292 Å². The van der Waals surface area contributed by atoms with E-state index >= 15 is 9.59 Å². The minimum absolute atomic E-state index is 0.000158. The third-order valence-electron chi connectivity index (χ3n) is 15.0. The SMILES string of the molecule is CC[C@H](C)[C@@H]1NC(=O)[C@H](Cc2ccccc2)N(C)C(=O)[C@H]([C@@H](C)CC)N2C(=O)[C@H](CC[C@H]2OC)NC(=O)[C@H](C[C@H]2C=C[C@H](O)CC2)NC(=O)[C@@H](NC(=O)[C@@H](CCc2ccc(O)cc2)NC(=O)[C@@H](CO)OC)[C@@H](C)OC1=O. The fourth-order valence-electron chi connectivity index (χ4n) is 9.83. The van der Waals surface area contributed by atoms with E-state index in [0.717, 1.165) is 0 Å². The average Bonchev–Trinajstić information content (AvgIpc) is 3.42. The van der Waals surface area contributed by atoms with Crippen LogP contribution < -0.4 is 26.6 Å². The number of rotatable bonds is 18. The van der Waals surface area contributed by atoms with Crippen molar-refractivity contribution in [3.05, 3.63) is 77.9 Å². The first-order chi connectivity index (χ1) is 36.2. The highest BCUT2D eigenvalue weighted by Crippen LogP contribution is 2.30. The Labute approximate surface area is 445 Å². The average molecular weight is 1060 g/mol. The van der Waals surface area contributed by atoms with Crippen molar-refractivity contribution in [1.82, 2.24) is 36.4 Å². The lowest BCUT2D eigenvalue weighted by Crippen LogP contribution is -2.66. The minimum atomic E-state index is -1.78.